The van der Waals surface area contributed by atoms with Crippen LogP contribution in [0.2, 0.25) is 0 Å². The number of aryl methyl sites for hydroxylation is 1. The van der Waals surface area contributed by atoms with Crippen molar-refractivity contribution in [2.24, 2.45) is 11.1 Å². The number of nitrogens with zero attached hydrogens (tertiary/aromatic N) is 2. The van der Waals surface area contributed by atoms with E-state index in [9.17, 15) is 0 Å². The molecule has 0 spiro atoms. The van der Waals surface area contributed by atoms with Crippen molar-refractivity contribution in [1.29, 1.82) is 0 Å². The van der Waals surface area contributed by atoms with E-state index in [1.807, 2.05) is 14.1 Å². The number of rotatable bonds is 2. The van der Waals surface area contributed by atoms with Crippen molar-refractivity contribution in [2.45, 2.75) is 32.7 Å². The van der Waals surface area contributed by atoms with Gasteiger partial charge in [-0.3, -0.25) is 0 Å². The Bertz CT molecular complexity index is 381. The number of anilines is 1. The van der Waals surface area contributed by atoms with Crippen molar-refractivity contribution in [3.8, 4) is 0 Å². The minimum absolute atomic E-state index is 0.251. The fourth-order valence-corrected chi connectivity index (χ4v) is 3.38. The predicted molar refractivity (Wildman–Crippen MR) is 65.7 cm³/mol. The van der Waals surface area contributed by atoms with Gasteiger partial charge in [0.2, 0.25) is 0 Å². The zero-order chi connectivity index (χ0) is 11.4. The molecule has 1 aliphatic carbocycles. The molecule has 0 unspecified atom stereocenters. The lowest BCUT2D eigenvalue weighted by Gasteiger charge is -2.05. The Balaban J connectivity index is 2.31. The van der Waals surface area contributed by atoms with Gasteiger partial charge in [0, 0.05) is 30.9 Å². The van der Waals surface area contributed by atoms with E-state index in [1.54, 1.807) is 11.3 Å². The molecule has 4 heteroatoms. The second-order valence-electron chi connectivity index (χ2n) is 5.17. The van der Waals surface area contributed by atoms with Gasteiger partial charge in [0.1, 0.15) is 0 Å². The summed E-state index contributed by atoms with van der Waals surface area (Å²) >= 11 is 1.78. The SMILES string of the molecule is Cc1nc(N(C)C)sc1[C@@H]1[C@@H](N)C1(C)C. The fraction of sp³-hybridized carbons (Fsp3) is 0.727. The largest absolute Gasteiger partial charge is 0.354 e. The lowest BCUT2D eigenvalue weighted by Crippen LogP contribution is -2.07. The van der Waals surface area contributed by atoms with Crippen LogP contribution < -0.4 is 10.6 Å². The summed E-state index contributed by atoms with van der Waals surface area (Å²) in [6.45, 7) is 6.55. The topological polar surface area (TPSA) is 42.2 Å². The molecule has 2 N–H and O–H groups in total. The number of nitrogens with two attached hydrogens (primary N) is 1. The number of thiazole rings is 1. The van der Waals surface area contributed by atoms with Crippen LogP contribution in [0, 0.1) is 12.3 Å². The lowest BCUT2D eigenvalue weighted by atomic mass is 10.1. The molecule has 1 aromatic heterocycles. The molecule has 15 heavy (non-hydrogen) atoms. The maximum absolute atomic E-state index is 6.10. The van der Waals surface area contributed by atoms with Gasteiger partial charge in [-0.15, -0.1) is 11.3 Å². The molecule has 3 nitrogen and oxygen atoms in total. The van der Waals surface area contributed by atoms with E-state index in [0.29, 0.717) is 12.0 Å². The van der Waals surface area contributed by atoms with Crippen molar-refractivity contribution >= 4 is 16.5 Å². The first kappa shape index (κ1) is 10.9. The maximum atomic E-state index is 6.10. The summed E-state index contributed by atoms with van der Waals surface area (Å²) in [6, 6.07) is 0.298. The Morgan fingerprint density at radius 3 is 2.27 bits per heavy atom. The zero-order valence-corrected chi connectivity index (χ0v) is 10.9. The molecule has 1 aliphatic rings. The van der Waals surface area contributed by atoms with Crippen LogP contribution in [0.4, 0.5) is 5.13 Å². The maximum Gasteiger partial charge on any atom is 0.185 e. The molecule has 1 heterocycles. The Kier molecular flexibility index (Phi) is 2.32. The van der Waals surface area contributed by atoms with Crippen molar-refractivity contribution < 1.29 is 0 Å². The van der Waals surface area contributed by atoms with E-state index < -0.39 is 0 Å². The van der Waals surface area contributed by atoms with Crippen molar-refractivity contribution in [2.75, 3.05) is 19.0 Å². The Morgan fingerprint density at radius 1 is 1.40 bits per heavy atom. The molecule has 0 aromatic carbocycles. The molecular weight excluding hydrogens is 206 g/mol. The average Bonchev–Trinajstić information content (AvgIpc) is 2.48. The van der Waals surface area contributed by atoms with Crippen LogP contribution in [-0.2, 0) is 0 Å². The molecule has 1 fully saturated rings. The fourth-order valence-electron chi connectivity index (χ4n) is 2.05. The van der Waals surface area contributed by atoms with Gasteiger partial charge in [-0.05, 0) is 12.3 Å². The molecule has 2 rings (SSSR count). The van der Waals surface area contributed by atoms with Crippen molar-refractivity contribution in [3.05, 3.63) is 10.6 Å². The van der Waals surface area contributed by atoms with Crippen LogP contribution in [0.1, 0.15) is 30.3 Å². The first-order valence-electron chi connectivity index (χ1n) is 5.26. The highest BCUT2D eigenvalue weighted by Crippen LogP contribution is 2.59. The third-order valence-electron chi connectivity index (χ3n) is 3.40. The van der Waals surface area contributed by atoms with Crippen LogP contribution in [0.25, 0.3) is 0 Å². The standard InChI is InChI=1S/C11H19N3S/c1-6-8(7-9(12)11(7,2)3)15-10(13-6)14(4)5/h7,9H,12H2,1-5H3/t7-,9-/m1/s1. The highest BCUT2D eigenvalue weighted by Gasteiger charge is 2.57. The minimum Gasteiger partial charge on any atom is -0.354 e. The van der Waals surface area contributed by atoms with Crippen LogP contribution >= 0.6 is 11.3 Å². The Hall–Kier alpha value is -0.610. The monoisotopic (exact) mass is 225 g/mol. The van der Waals surface area contributed by atoms with Gasteiger partial charge >= 0.3 is 0 Å². The van der Waals surface area contributed by atoms with Gasteiger partial charge in [-0.1, -0.05) is 13.8 Å². The average molecular weight is 225 g/mol. The van der Waals surface area contributed by atoms with E-state index in [-0.39, 0.29) is 5.41 Å². The van der Waals surface area contributed by atoms with Gasteiger partial charge in [-0.2, -0.15) is 0 Å². The molecule has 2 atom stereocenters. The van der Waals surface area contributed by atoms with Gasteiger partial charge < -0.3 is 10.6 Å². The van der Waals surface area contributed by atoms with Crippen LogP contribution in [0.3, 0.4) is 0 Å². The van der Waals surface area contributed by atoms with Crippen molar-refractivity contribution in [1.82, 2.24) is 4.98 Å². The smallest absolute Gasteiger partial charge is 0.185 e. The van der Waals surface area contributed by atoms with E-state index in [4.69, 9.17) is 5.73 Å². The molecule has 0 saturated heterocycles. The summed E-state index contributed by atoms with van der Waals surface area (Å²) in [6.07, 6.45) is 0. The molecular formula is C11H19N3S. The van der Waals surface area contributed by atoms with Crippen LogP contribution in [-0.4, -0.2) is 25.1 Å². The highest BCUT2D eigenvalue weighted by molar-refractivity contribution is 7.15. The summed E-state index contributed by atoms with van der Waals surface area (Å²) in [5.74, 6) is 0.503. The van der Waals surface area contributed by atoms with Gasteiger partial charge in [0.25, 0.3) is 0 Å². The molecule has 0 radical (unpaired) electrons. The van der Waals surface area contributed by atoms with Crippen molar-refractivity contribution in [3.63, 3.8) is 0 Å². The van der Waals surface area contributed by atoms with Gasteiger partial charge in [0.15, 0.2) is 5.13 Å². The van der Waals surface area contributed by atoms with Crippen LogP contribution in [0.5, 0.6) is 0 Å². The summed E-state index contributed by atoms with van der Waals surface area (Å²) in [7, 11) is 4.06. The second-order valence-corrected chi connectivity index (χ2v) is 6.17. The second kappa shape index (κ2) is 3.19. The van der Waals surface area contributed by atoms with E-state index >= 15 is 0 Å². The lowest BCUT2D eigenvalue weighted by molar-refractivity contribution is 0.600. The van der Waals surface area contributed by atoms with Gasteiger partial charge in [0.05, 0.1) is 5.69 Å². The van der Waals surface area contributed by atoms with E-state index in [2.05, 4.69) is 30.7 Å². The first-order valence-corrected chi connectivity index (χ1v) is 6.07. The Morgan fingerprint density at radius 2 is 1.93 bits per heavy atom. The first-order chi connectivity index (χ1) is 6.85. The summed E-state index contributed by atoms with van der Waals surface area (Å²) < 4.78 is 0. The molecule has 0 bridgehead atoms. The van der Waals surface area contributed by atoms with Gasteiger partial charge in [-0.25, -0.2) is 4.98 Å². The zero-order valence-electron chi connectivity index (χ0n) is 10.0. The molecule has 1 aromatic rings. The summed E-state index contributed by atoms with van der Waals surface area (Å²) in [5, 5.41) is 1.08. The molecule has 84 valence electrons. The Labute approximate surface area is 95.3 Å². The minimum atomic E-state index is 0.251. The van der Waals surface area contributed by atoms with E-state index in [1.165, 1.54) is 4.88 Å². The third-order valence-corrected chi connectivity index (χ3v) is 4.81. The normalized spacial score (nSPS) is 27.9. The number of hydrogen-bond acceptors (Lipinski definition) is 4. The predicted octanol–water partition coefficient (Wildman–Crippen LogP) is 1.97. The van der Waals surface area contributed by atoms with E-state index in [0.717, 1.165) is 10.8 Å². The summed E-state index contributed by atoms with van der Waals surface area (Å²) in [5.41, 5.74) is 7.49. The van der Waals surface area contributed by atoms with Crippen LogP contribution in [0.15, 0.2) is 0 Å². The third kappa shape index (κ3) is 1.56. The molecule has 0 amide bonds. The molecule has 1 saturated carbocycles. The highest BCUT2D eigenvalue weighted by atomic mass is 32.1. The number of aromatic nitrogens is 1. The summed E-state index contributed by atoms with van der Waals surface area (Å²) in [4.78, 5) is 7.99. The molecule has 0 aliphatic heterocycles. The number of hydrogen-bond donors (Lipinski definition) is 1. The quantitative estimate of drug-likeness (QED) is 0.836.